The highest BCUT2D eigenvalue weighted by Crippen LogP contribution is 2.36. The number of unbranched alkanes of at least 4 members (excludes halogenated alkanes) is 2. The summed E-state index contributed by atoms with van der Waals surface area (Å²) in [5, 5.41) is 19.1. The van der Waals surface area contributed by atoms with Gasteiger partial charge in [0.1, 0.15) is 12.0 Å². The molecule has 4 atom stereocenters. The fourth-order valence-electron chi connectivity index (χ4n) is 3.50. The van der Waals surface area contributed by atoms with E-state index in [1.54, 1.807) is 12.2 Å². The molecule has 0 saturated heterocycles. The van der Waals surface area contributed by atoms with Crippen LogP contribution in [0.3, 0.4) is 0 Å². The molecule has 1 fully saturated rings. The first-order valence-corrected chi connectivity index (χ1v) is 10.1. The van der Waals surface area contributed by atoms with Crippen molar-refractivity contribution >= 4 is 11.8 Å². The van der Waals surface area contributed by atoms with E-state index in [1.165, 1.54) is 0 Å². The highest BCUT2D eigenvalue weighted by Gasteiger charge is 2.40. The van der Waals surface area contributed by atoms with Crippen LogP contribution in [0.25, 0.3) is 0 Å². The van der Waals surface area contributed by atoms with Gasteiger partial charge in [0, 0.05) is 24.7 Å². The number of aliphatic hydroxyl groups excluding tert-OH is 1. The fraction of sp³-hybridized carbons (Fsp3) is 0.727. The minimum absolute atomic E-state index is 0.0676. The lowest BCUT2D eigenvalue weighted by Gasteiger charge is -2.29. The molecule has 2 N–H and O–H groups in total. The van der Waals surface area contributed by atoms with Crippen LogP contribution in [-0.4, -0.2) is 34.2 Å². The van der Waals surface area contributed by atoms with Gasteiger partial charge in [0.2, 0.25) is 0 Å². The van der Waals surface area contributed by atoms with Gasteiger partial charge in [-0.2, -0.15) is 0 Å². The standard InChI is InChI=1S/C22H35FO4/c1-4-5-14-22(2,3)20(25)13-12-17-16(18(23)15-19(17)24)10-8-6-7-9-11-21(26)27/h6,8,12-13,16-18,20,25H,4-5,7,9-11,14-15H2,1-3H3,(H,26,27)/t16-,17-,18-,20?/m1/s1. The molecule has 0 aromatic rings. The van der Waals surface area contributed by atoms with Crippen LogP contribution in [0, 0.1) is 17.3 Å². The van der Waals surface area contributed by atoms with Crippen molar-refractivity contribution in [3.05, 3.63) is 24.3 Å². The van der Waals surface area contributed by atoms with Gasteiger partial charge in [-0.05, 0) is 31.1 Å². The topological polar surface area (TPSA) is 74.6 Å². The number of carbonyl (C=O) groups excluding carboxylic acids is 1. The van der Waals surface area contributed by atoms with Crippen molar-refractivity contribution in [3.8, 4) is 0 Å². The van der Waals surface area contributed by atoms with Crippen LogP contribution in [0.4, 0.5) is 4.39 Å². The summed E-state index contributed by atoms with van der Waals surface area (Å²) in [5.41, 5.74) is -0.275. The monoisotopic (exact) mass is 382 g/mol. The van der Waals surface area contributed by atoms with Crippen molar-refractivity contribution in [1.29, 1.82) is 0 Å². The average molecular weight is 383 g/mol. The van der Waals surface area contributed by atoms with Crippen molar-refractivity contribution in [2.75, 3.05) is 0 Å². The zero-order valence-electron chi connectivity index (χ0n) is 16.9. The van der Waals surface area contributed by atoms with E-state index < -0.39 is 30.1 Å². The quantitative estimate of drug-likeness (QED) is 0.373. The van der Waals surface area contributed by atoms with Crippen molar-refractivity contribution in [2.45, 2.75) is 84.4 Å². The lowest BCUT2D eigenvalue weighted by atomic mass is 9.80. The fourth-order valence-corrected chi connectivity index (χ4v) is 3.50. The van der Waals surface area contributed by atoms with Crippen LogP contribution in [-0.2, 0) is 9.59 Å². The number of alkyl halides is 1. The molecule has 0 amide bonds. The van der Waals surface area contributed by atoms with E-state index in [4.69, 9.17) is 5.11 Å². The molecule has 0 aromatic heterocycles. The predicted octanol–water partition coefficient (Wildman–Crippen LogP) is 4.86. The van der Waals surface area contributed by atoms with Gasteiger partial charge in [-0.1, -0.05) is 57.9 Å². The largest absolute Gasteiger partial charge is 0.481 e. The summed E-state index contributed by atoms with van der Waals surface area (Å²) in [7, 11) is 0. The van der Waals surface area contributed by atoms with Crippen LogP contribution in [0.15, 0.2) is 24.3 Å². The third-order valence-electron chi connectivity index (χ3n) is 5.51. The molecule has 1 aliphatic rings. The summed E-state index contributed by atoms with van der Waals surface area (Å²) in [6, 6.07) is 0. The number of carboxylic acid groups (broad SMARTS) is 1. The number of hydrogen-bond donors (Lipinski definition) is 2. The lowest BCUT2D eigenvalue weighted by molar-refractivity contribution is -0.137. The van der Waals surface area contributed by atoms with Gasteiger partial charge in [0.15, 0.2) is 0 Å². The summed E-state index contributed by atoms with van der Waals surface area (Å²) < 4.78 is 14.3. The number of aliphatic carboxylic acids is 1. The number of Topliss-reactive ketones (excluding diaryl/α,β-unsaturated/α-hetero) is 1. The smallest absolute Gasteiger partial charge is 0.303 e. The van der Waals surface area contributed by atoms with Crippen LogP contribution >= 0.6 is 0 Å². The number of allylic oxidation sites excluding steroid dienone is 3. The first-order valence-electron chi connectivity index (χ1n) is 10.1. The molecule has 0 aromatic carbocycles. The Bertz CT molecular complexity index is 538. The minimum Gasteiger partial charge on any atom is -0.481 e. The van der Waals surface area contributed by atoms with Gasteiger partial charge >= 0.3 is 5.97 Å². The maximum absolute atomic E-state index is 14.3. The van der Waals surface area contributed by atoms with E-state index in [1.807, 2.05) is 26.0 Å². The average Bonchev–Trinajstić information content (AvgIpc) is 2.86. The van der Waals surface area contributed by atoms with E-state index in [0.717, 1.165) is 19.3 Å². The second kappa shape index (κ2) is 11.4. The van der Waals surface area contributed by atoms with E-state index in [9.17, 15) is 19.1 Å². The molecule has 154 valence electrons. The third kappa shape index (κ3) is 7.96. The zero-order valence-corrected chi connectivity index (χ0v) is 16.9. The molecule has 0 aliphatic heterocycles. The molecule has 0 heterocycles. The van der Waals surface area contributed by atoms with Gasteiger partial charge in [-0.15, -0.1) is 0 Å². The Hall–Kier alpha value is -1.49. The van der Waals surface area contributed by atoms with E-state index in [0.29, 0.717) is 19.3 Å². The number of ketones is 1. The molecule has 1 unspecified atom stereocenters. The highest BCUT2D eigenvalue weighted by atomic mass is 19.1. The van der Waals surface area contributed by atoms with Crippen LogP contribution in [0.2, 0.25) is 0 Å². The first kappa shape index (κ1) is 23.5. The van der Waals surface area contributed by atoms with Gasteiger partial charge in [0.05, 0.1) is 6.10 Å². The van der Waals surface area contributed by atoms with Gasteiger partial charge in [-0.3, -0.25) is 9.59 Å². The normalized spacial score (nSPS) is 24.9. The Labute approximate surface area is 162 Å². The number of carboxylic acids is 1. The Morgan fingerprint density at radius 3 is 2.67 bits per heavy atom. The molecule has 27 heavy (non-hydrogen) atoms. The Morgan fingerprint density at radius 1 is 1.33 bits per heavy atom. The predicted molar refractivity (Wildman–Crippen MR) is 105 cm³/mol. The lowest BCUT2D eigenvalue weighted by Crippen LogP contribution is -2.28. The van der Waals surface area contributed by atoms with Crippen molar-refractivity contribution in [3.63, 3.8) is 0 Å². The number of rotatable bonds is 12. The van der Waals surface area contributed by atoms with Crippen molar-refractivity contribution < 1.29 is 24.2 Å². The summed E-state index contributed by atoms with van der Waals surface area (Å²) in [6.45, 7) is 6.11. The van der Waals surface area contributed by atoms with Gasteiger partial charge < -0.3 is 10.2 Å². The molecule has 1 rings (SSSR count). The van der Waals surface area contributed by atoms with Gasteiger partial charge in [0.25, 0.3) is 0 Å². The third-order valence-corrected chi connectivity index (χ3v) is 5.51. The number of halogens is 1. The van der Waals surface area contributed by atoms with Crippen LogP contribution in [0.1, 0.15) is 72.1 Å². The summed E-state index contributed by atoms with van der Waals surface area (Å²) in [5.74, 6) is -1.84. The maximum Gasteiger partial charge on any atom is 0.303 e. The van der Waals surface area contributed by atoms with E-state index >= 15 is 0 Å². The summed E-state index contributed by atoms with van der Waals surface area (Å²) in [6.07, 6.45) is 9.91. The summed E-state index contributed by atoms with van der Waals surface area (Å²) >= 11 is 0. The Morgan fingerprint density at radius 2 is 2.04 bits per heavy atom. The SMILES string of the molecule is CCCCC(C)(C)C(O)C=C[C@H]1C(=O)C[C@@H](F)[C@@H]1CC=CCCCC(=O)O. The van der Waals surface area contributed by atoms with Crippen LogP contribution < -0.4 is 0 Å². The van der Waals surface area contributed by atoms with E-state index in [-0.39, 0.29) is 24.0 Å². The molecule has 4 nitrogen and oxygen atoms in total. The molecule has 0 bridgehead atoms. The molecule has 1 saturated carbocycles. The van der Waals surface area contributed by atoms with Crippen LogP contribution in [0.5, 0.6) is 0 Å². The zero-order chi connectivity index (χ0) is 20.4. The molecule has 1 aliphatic carbocycles. The molecule has 5 heteroatoms. The van der Waals surface area contributed by atoms with Gasteiger partial charge in [-0.25, -0.2) is 4.39 Å². The summed E-state index contributed by atoms with van der Waals surface area (Å²) in [4.78, 5) is 22.7. The first-order chi connectivity index (χ1) is 12.7. The maximum atomic E-state index is 14.3. The second-order valence-electron chi connectivity index (χ2n) is 8.29. The molecule has 0 radical (unpaired) electrons. The van der Waals surface area contributed by atoms with E-state index in [2.05, 4.69) is 6.92 Å². The number of aliphatic hydroxyl groups is 1. The Kier molecular flexibility index (Phi) is 9.92. The molecular formula is C22H35FO4. The highest BCUT2D eigenvalue weighted by molar-refractivity contribution is 5.86. The number of carbonyl (C=O) groups is 2. The minimum atomic E-state index is -1.17. The van der Waals surface area contributed by atoms with Crippen molar-refractivity contribution in [1.82, 2.24) is 0 Å². The van der Waals surface area contributed by atoms with Crippen molar-refractivity contribution in [2.24, 2.45) is 17.3 Å². The Balaban J connectivity index is 2.63. The molecular weight excluding hydrogens is 347 g/mol. The molecule has 0 spiro atoms. The second-order valence-corrected chi connectivity index (χ2v) is 8.29. The number of hydrogen-bond acceptors (Lipinski definition) is 3.